The summed E-state index contributed by atoms with van der Waals surface area (Å²) in [6.07, 6.45) is -4.21. The highest BCUT2D eigenvalue weighted by Crippen LogP contribution is 2.11. The summed E-state index contributed by atoms with van der Waals surface area (Å²) in [6.45, 7) is -1.52. The fourth-order valence-electron chi connectivity index (χ4n) is 0.913. The Morgan fingerprint density at radius 3 is 2.29 bits per heavy atom. The van der Waals surface area contributed by atoms with Crippen molar-refractivity contribution >= 4 is 11.8 Å². The van der Waals surface area contributed by atoms with Crippen LogP contribution in [0.5, 0.6) is 0 Å². The number of hydrogen-bond acceptors (Lipinski definition) is 3. The fraction of sp³-hybridized carbons (Fsp3) is 0.778. The molecule has 8 heteroatoms. The molecular weight excluding hydrogens is 239 g/mol. The molecule has 0 fully saturated rings. The van der Waals surface area contributed by atoms with E-state index in [1.54, 1.807) is 14.1 Å². The van der Waals surface area contributed by atoms with E-state index in [-0.39, 0.29) is 18.9 Å². The minimum atomic E-state index is -4.33. The van der Waals surface area contributed by atoms with Crippen molar-refractivity contribution in [2.45, 2.75) is 12.6 Å². The Bertz CT molecular complexity index is 267. The molecule has 0 saturated heterocycles. The Morgan fingerprint density at radius 1 is 1.24 bits per heavy atom. The lowest BCUT2D eigenvalue weighted by Crippen LogP contribution is -2.39. The second kappa shape index (κ2) is 7.10. The lowest BCUT2D eigenvalue weighted by atomic mass is 10.3. The van der Waals surface area contributed by atoms with Crippen LogP contribution < -0.4 is 10.6 Å². The van der Waals surface area contributed by atoms with Crippen LogP contribution in [0.4, 0.5) is 13.2 Å². The smallest absolute Gasteiger partial charge is 0.354 e. The van der Waals surface area contributed by atoms with Gasteiger partial charge in [-0.2, -0.15) is 13.2 Å². The zero-order valence-corrected chi connectivity index (χ0v) is 9.73. The van der Waals surface area contributed by atoms with Crippen molar-refractivity contribution in [1.82, 2.24) is 15.5 Å². The average Bonchev–Trinajstić information content (AvgIpc) is 2.15. The van der Waals surface area contributed by atoms with Crippen LogP contribution in [-0.2, 0) is 9.59 Å². The molecule has 5 nitrogen and oxygen atoms in total. The quantitative estimate of drug-likeness (QED) is 0.687. The lowest BCUT2D eigenvalue weighted by Gasteiger charge is -2.11. The van der Waals surface area contributed by atoms with Crippen molar-refractivity contribution in [2.75, 3.05) is 33.7 Å². The van der Waals surface area contributed by atoms with E-state index < -0.39 is 25.2 Å². The van der Waals surface area contributed by atoms with E-state index in [1.165, 1.54) is 4.90 Å². The van der Waals surface area contributed by atoms with Gasteiger partial charge in [0.15, 0.2) is 0 Å². The first-order chi connectivity index (χ1) is 7.72. The highest BCUT2D eigenvalue weighted by atomic mass is 19.4. The predicted molar refractivity (Wildman–Crippen MR) is 55.2 cm³/mol. The van der Waals surface area contributed by atoms with Crippen LogP contribution in [0.15, 0.2) is 0 Å². The summed E-state index contributed by atoms with van der Waals surface area (Å²) in [6, 6.07) is 0. The Kier molecular flexibility index (Phi) is 6.55. The van der Waals surface area contributed by atoms with Crippen LogP contribution >= 0.6 is 0 Å². The van der Waals surface area contributed by atoms with Gasteiger partial charge in [0.2, 0.25) is 11.8 Å². The molecule has 2 N–H and O–H groups in total. The Hall–Kier alpha value is -1.31. The van der Waals surface area contributed by atoms with E-state index in [1.807, 2.05) is 5.32 Å². The van der Waals surface area contributed by atoms with Crippen molar-refractivity contribution in [3.05, 3.63) is 0 Å². The maximum Gasteiger partial charge on any atom is 0.401 e. The summed E-state index contributed by atoms with van der Waals surface area (Å²) in [5.41, 5.74) is 0. The van der Waals surface area contributed by atoms with Gasteiger partial charge in [-0.25, -0.2) is 0 Å². The van der Waals surface area contributed by atoms with E-state index in [2.05, 4.69) is 5.32 Å². The van der Waals surface area contributed by atoms with Crippen LogP contribution in [-0.4, -0.2) is 56.6 Å². The van der Waals surface area contributed by atoms with Gasteiger partial charge in [0.05, 0.1) is 13.1 Å². The van der Waals surface area contributed by atoms with E-state index in [0.717, 1.165) is 0 Å². The number of carbonyl (C=O) groups excluding carboxylic acids is 2. The normalized spacial score (nSPS) is 11.1. The predicted octanol–water partition coefficient (Wildman–Crippen LogP) is -0.267. The molecule has 0 spiro atoms. The molecule has 0 aromatic heterocycles. The molecule has 17 heavy (non-hydrogen) atoms. The first-order valence-corrected chi connectivity index (χ1v) is 4.96. The van der Waals surface area contributed by atoms with Gasteiger partial charge < -0.3 is 15.5 Å². The van der Waals surface area contributed by atoms with Gasteiger partial charge >= 0.3 is 6.18 Å². The molecule has 0 unspecified atom stereocenters. The Balaban J connectivity index is 3.58. The molecule has 0 aromatic rings. The van der Waals surface area contributed by atoms with Gasteiger partial charge in [-0.1, -0.05) is 0 Å². The van der Waals surface area contributed by atoms with E-state index in [9.17, 15) is 22.8 Å². The molecule has 0 heterocycles. The molecule has 0 bridgehead atoms. The van der Waals surface area contributed by atoms with Crippen molar-refractivity contribution in [3.63, 3.8) is 0 Å². The minimum absolute atomic E-state index is 0.115. The number of hydrogen-bond donors (Lipinski definition) is 2. The van der Waals surface area contributed by atoms with Gasteiger partial charge in [0.25, 0.3) is 0 Å². The first kappa shape index (κ1) is 15.7. The number of carbonyl (C=O) groups is 2. The maximum absolute atomic E-state index is 11.7. The third-order valence-electron chi connectivity index (χ3n) is 1.77. The molecule has 0 aromatic carbocycles. The Morgan fingerprint density at radius 2 is 1.82 bits per heavy atom. The highest BCUT2D eigenvalue weighted by Gasteiger charge is 2.26. The molecule has 0 rings (SSSR count). The van der Waals surface area contributed by atoms with Crippen molar-refractivity contribution < 1.29 is 22.8 Å². The minimum Gasteiger partial charge on any atom is -0.354 e. The average molecular weight is 255 g/mol. The third kappa shape index (κ3) is 9.61. The van der Waals surface area contributed by atoms with Gasteiger partial charge in [0, 0.05) is 27.1 Å². The summed E-state index contributed by atoms with van der Waals surface area (Å²) < 4.78 is 35.1. The zero-order chi connectivity index (χ0) is 13.5. The number of alkyl halides is 3. The van der Waals surface area contributed by atoms with E-state index in [0.29, 0.717) is 0 Å². The van der Waals surface area contributed by atoms with Crippen molar-refractivity contribution in [3.8, 4) is 0 Å². The van der Waals surface area contributed by atoms with Crippen LogP contribution in [0.25, 0.3) is 0 Å². The fourth-order valence-corrected chi connectivity index (χ4v) is 0.913. The molecule has 0 aliphatic rings. The number of nitrogens with one attached hydrogen (secondary N) is 2. The van der Waals surface area contributed by atoms with Crippen LogP contribution in [0.1, 0.15) is 6.42 Å². The van der Waals surface area contributed by atoms with Crippen molar-refractivity contribution in [1.29, 1.82) is 0 Å². The molecule has 2 amide bonds. The summed E-state index contributed by atoms with van der Waals surface area (Å²) in [7, 11) is 3.16. The standard InChI is InChI=1S/C9H16F3N3O2/c1-15(2)8(17)3-4-14-7(16)5-13-6-9(10,11)12/h13H,3-6H2,1-2H3,(H,14,16). The maximum atomic E-state index is 11.7. The monoisotopic (exact) mass is 255 g/mol. The molecule has 0 saturated carbocycles. The largest absolute Gasteiger partial charge is 0.401 e. The number of halogens is 3. The number of nitrogens with zero attached hydrogens (tertiary/aromatic N) is 1. The van der Waals surface area contributed by atoms with Crippen LogP contribution in [0, 0.1) is 0 Å². The van der Waals surface area contributed by atoms with Gasteiger partial charge in [0.1, 0.15) is 0 Å². The van der Waals surface area contributed by atoms with Gasteiger partial charge in [-0.3, -0.25) is 9.59 Å². The first-order valence-electron chi connectivity index (χ1n) is 4.96. The summed E-state index contributed by atoms with van der Waals surface area (Å²) in [4.78, 5) is 23.5. The number of rotatable bonds is 6. The lowest BCUT2D eigenvalue weighted by molar-refractivity contribution is -0.128. The Labute approximate surface area is 97.3 Å². The summed E-state index contributed by atoms with van der Waals surface area (Å²) in [5, 5.41) is 4.29. The zero-order valence-electron chi connectivity index (χ0n) is 9.73. The molecular formula is C9H16F3N3O2. The van der Waals surface area contributed by atoms with Crippen LogP contribution in [0.2, 0.25) is 0 Å². The third-order valence-corrected chi connectivity index (χ3v) is 1.77. The molecule has 0 radical (unpaired) electrons. The van der Waals surface area contributed by atoms with Crippen molar-refractivity contribution in [2.24, 2.45) is 0 Å². The highest BCUT2D eigenvalue weighted by molar-refractivity contribution is 5.79. The summed E-state index contributed by atoms with van der Waals surface area (Å²) >= 11 is 0. The summed E-state index contributed by atoms with van der Waals surface area (Å²) in [5.74, 6) is -0.727. The molecule has 0 aliphatic heterocycles. The van der Waals surface area contributed by atoms with E-state index in [4.69, 9.17) is 0 Å². The van der Waals surface area contributed by atoms with Crippen LogP contribution in [0.3, 0.4) is 0 Å². The van der Waals surface area contributed by atoms with E-state index >= 15 is 0 Å². The second-order valence-corrected chi connectivity index (χ2v) is 3.61. The number of amides is 2. The topological polar surface area (TPSA) is 61.4 Å². The molecule has 100 valence electrons. The van der Waals surface area contributed by atoms with Gasteiger partial charge in [-0.15, -0.1) is 0 Å². The SMILES string of the molecule is CN(C)C(=O)CCNC(=O)CNCC(F)(F)F. The second-order valence-electron chi connectivity index (χ2n) is 3.61. The molecule has 0 atom stereocenters. The van der Waals surface area contributed by atoms with Gasteiger partial charge in [-0.05, 0) is 0 Å². The molecule has 0 aliphatic carbocycles.